The Labute approximate surface area is 127 Å². The van der Waals surface area contributed by atoms with E-state index in [1.54, 1.807) is 0 Å². The van der Waals surface area contributed by atoms with Gasteiger partial charge in [0.15, 0.2) is 28.0 Å². The summed E-state index contributed by atoms with van der Waals surface area (Å²) >= 11 is 0.955. The van der Waals surface area contributed by atoms with E-state index in [1.807, 2.05) is 0 Å². The molecule has 5 N–H and O–H groups in total. The van der Waals surface area contributed by atoms with Crippen LogP contribution in [0.3, 0.4) is 0 Å². The fraction of sp³-hybridized carbons (Fsp3) is 0. The van der Waals surface area contributed by atoms with Gasteiger partial charge in [0.1, 0.15) is 5.75 Å². The third-order valence-electron chi connectivity index (χ3n) is 3.02. The first-order valence-electron chi connectivity index (χ1n) is 5.99. The van der Waals surface area contributed by atoms with Gasteiger partial charge in [0.05, 0.1) is 15.8 Å². The number of benzene rings is 2. The number of thiazole rings is 1. The molecule has 22 heavy (non-hydrogen) atoms. The molecule has 0 aliphatic rings. The van der Waals surface area contributed by atoms with Gasteiger partial charge in [0, 0.05) is 18.2 Å². The lowest BCUT2D eigenvalue weighted by Crippen LogP contribution is -2.00. The van der Waals surface area contributed by atoms with Gasteiger partial charge in [-0.05, 0) is 6.07 Å². The average Bonchev–Trinajstić information content (AvgIpc) is 2.85. The van der Waals surface area contributed by atoms with Crippen LogP contribution in [0, 0.1) is 0 Å². The number of rotatable bonds is 2. The standard InChI is InChI=1S/C14H9NO6S/c16-7-3-10(19)8(17)1-5(7)13(21)14-15-6-2-9(18)11(20)4-12(6)22-14/h1-4,16-20H. The van der Waals surface area contributed by atoms with Gasteiger partial charge in [-0.15, -0.1) is 11.3 Å². The molecule has 0 amide bonds. The number of aromatic nitrogens is 1. The highest BCUT2D eigenvalue weighted by Gasteiger charge is 2.20. The molecular formula is C14H9NO6S. The Morgan fingerprint density at radius 3 is 2.14 bits per heavy atom. The highest BCUT2D eigenvalue weighted by Crippen LogP contribution is 2.36. The van der Waals surface area contributed by atoms with Crippen molar-refractivity contribution in [2.75, 3.05) is 0 Å². The summed E-state index contributed by atoms with van der Waals surface area (Å²) in [5, 5.41) is 47.3. The SMILES string of the molecule is O=C(c1nc2cc(O)c(O)cc2s1)c1cc(O)c(O)cc1O. The van der Waals surface area contributed by atoms with E-state index in [9.17, 15) is 30.3 Å². The van der Waals surface area contributed by atoms with E-state index >= 15 is 0 Å². The highest BCUT2D eigenvalue weighted by molar-refractivity contribution is 7.20. The molecule has 0 saturated carbocycles. The fourth-order valence-corrected chi connectivity index (χ4v) is 2.85. The molecule has 1 heterocycles. The van der Waals surface area contributed by atoms with E-state index in [0.717, 1.165) is 23.5 Å². The number of nitrogens with zero attached hydrogens (tertiary/aromatic N) is 1. The maximum Gasteiger partial charge on any atom is 0.225 e. The van der Waals surface area contributed by atoms with Crippen molar-refractivity contribution in [3.63, 3.8) is 0 Å². The summed E-state index contributed by atoms with van der Waals surface area (Å²) in [7, 11) is 0. The molecule has 1 aromatic heterocycles. The number of fused-ring (bicyclic) bond motifs is 1. The first kappa shape index (κ1) is 14.0. The molecular weight excluding hydrogens is 310 g/mol. The van der Waals surface area contributed by atoms with E-state index in [4.69, 9.17) is 0 Å². The number of hydrogen-bond donors (Lipinski definition) is 5. The normalized spacial score (nSPS) is 10.9. The number of hydrogen-bond acceptors (Lipinski definition) is 8. The van der Waals surface area contributed by atoms with Crippen LogP contribution in [0.1, 0.15) is 15.4 Å². The number of phenols is 5. The summed E-state index contributed by atoms with van der Waals surface area (Å²) in [6.45, 7) is 0. The molecule has 0 aliphatic heterocycles. The van der Waals surface area contributed by atoms with Crippen molar-refractivity contribution < 1.29 is 30.3 Å². The van der Waals surface area contributed by atoms with Crippen LogP contribution >= 0.6 is 11.3 Å². The Morgan fingerprint density at radius 1 is 0.818 bits per heavy atom. The predicted octanol–water partition coefficient (Wildman–Crippen LogP) is 2.06. The third kappa shape index (κ3) is 2.15. The Hall–Kier alpha value is -3.00. The Morgan fingerprint density at radius 2 is 1.41 bits per heavy atom. The van der Waals surface area contributed by atoms with Gasteiger partial charge in [-0.2, -0.15) is 0 Å². The molecule has 0 unspecified atom stereocenters. The van der Waals surface area contributed by atoms with Gasteiger partial charge in [0.2, 0.25) is 5.78 Å². The number of ketones is 1. The molecule has 3 aromatic rings. The van der Waals surface area contributed by atoms with E-state index < -0.39 is 23.0 Å². The lowest BCUT2D eigenvalue weighted by molar-refractivity contribution is 0.103. The molecule has 3 rings (SSSR count). The van der Waals surface area contributed by atoms with Crippen LogP contribution in [0.15, 0.2) is 24.3 Å². The second-order valence-corrected chi connectivity index (χ2v) is 5.55. The second kappa shape index (κ2) is 4.78. The maximum atomic E-state index is 12.3. The van der Waals surface area contributed by atoms with Crippen molar-refractivity contribution >= 4 is 27.3 Å². The van der Waals surface area contributed by atoms with Crippen LogP contribution in [0.25, 0.3) is 10.2 Å². The van der Waals surface area contributed by atoms with Gasteiger partial charge in [-0.25, -0.2) is 4.98 Å². The third-order valence-corrected chi connectivity index (χ3v) is 4.03. The summed E-state index contributed by atoms with van der Waals surface area (Å²) in [5.41, 5.74) is 0.0916. The lowest BCUT2D eigenvalue weighted by atomic mass is 10.1. The molecule has 0 atom stereocenters. The second-order valence-electron chi connectivity index (χ2n) is 4.51. The largest absolute Gasteiger partial charge is 0.507 e. The van der Waals surface area contributed by atoms with Crippen LogP contribution in [0.2, 0.25) is 0 Å². The molecule has 7 nitrogen and oxygen atoms in total. The number of carbonyl (C=O) groups excluding carboxylic acids is 1. The maximum absolute atomic E-state index is 12.3. The lowest BCUT2D eigenvalue weighted by Gasteiger charge is -2.04. The minimum Gasteiger partial charge on any atom is -0.507 e. The van der Waals surface area contributed by atoms with Crippen LogP contribution in [0.4, 0.5) is 0 Å². The first-order chi connectivity index (χ1) is 10.4. The molecule has 0 spiro atoms. The summed E-state index contributed by atoms with van der Waals surface area (Å²) in [4.78, 5) is 16.4. The van der Waals surface area contributed by atoms with E-state index in [2.05, 4.69) is 4.98 Å². The molecule has 0 fully saturated rings. The van der Waals surface area contributed by atoms with Crippen molar-refractivity contribution in [3.05, 3.63) is 34.8 Å². The van der Waals surface area contributed by atoms with Crippen molar-refractivity contribution in [2.45, 2.75) is 0 Å². The first-order valence-corrected chi connectivity index (χ1v) is 6.80. The topological polar surface area (TPSA) is 131 Å². The van der Waals surface area contributed by atoms with Crippen LogP contribution in [0.5, 0.6) is 28.7 Å². The minimum atomic E-state index is -0.659. The molecule has 8 heteroatoms. The number of aromatic hydroxyl groups is 5. The van der Waals surface area contributed by atoms with E-state index in [1.165, 1.54) is 12.1 Å². The van der Waals surface area contributed by atoms with E-state index in [0.29, 0.717) is 10.2 Å². The molecule has 0 saturated heterocycles. The summed E-state index contributed by atoms with van der Waals surface area (Å²) in [6, 6.07) is 4.28. The monoisotopic (exact) mass is 319 g/mol. The average molecular weight is 319 g/mol. The van der Waals surface area contributed by atoms with Crippen LogP contribution < -0.4 is 0 Å². The van der Waals surface area contributed by atoms with E-state index in [-0.39, 0.29) is 22.1 Å². The van der Waals surface area contributed by atoms with Crippen molar-refractivity contribution in [1.29, 1.82) is 0 Å². The zero-order chi connectivity index (χ0) is 16.0. The van der Waals surface area contributed by atoms with Gasteiger partial charge >= 0.3 is 0 Å². The molecule has 0 bridgehead atoms. The smallest absolute Gasteiger partial charge is 0.225 e. The zero-order valence-electron chi connectivity index (χ0n) is 10.8. The Kier molecular flexibility index (Phi) is 3.03. The fourth-order valence-electron chi connectivity index (χ4n) is 1.91. The summed E-state index contributed by atoms with van der Waals surface area (Å²) in [5.74, 6) is -2.94. The van der Waals surface area contributed by atoms with Crippen LogP contribution in [-0.2, 0) is 0 Å². The van der Waals surface area contributed by atoms with Gasteiger partial charge in [0.25, 0.3) is 0 Å². The van der Waals surface area contributed by atoms with Gasteiger partial charge in [-0.3, -0.25) is 4.79 Å². The van der Waals surface area contributed by atoms with Gasteiger partial charge < -0.3 is 25.5 Å². The Balaban J connectivity index is 2.11. The Bertz CT molecular complexity index is 878. The molecule has 0 radical (unpaired) electrons. The predicted molar refractivity (Wildman–Crippen MR) is 77.8 cm³/mol. The highest BCUT2D eigenvalue weighted by atomic mass is 32.1. The molecule has 112 valence electrons. The summed E-state index contributed by atoms with van der Waals surface area (Å²) < 4.78 is 0.473. The minimum absolute atomic E-state index is 0.000361. The quantitative estimate of drug-likeness (QED) is 0.277. The molecule has 2 aromatic carbocycles. The zero-order valence-corrected chi connectivity index (χ0v) is 11.6. The van der Waals surface area contributed by atoms with Crippen molar-refractivity contribution in [3.8, 4) is 28.7 Å². The van der Waals surface area contributed by atoms with Crippen LogP contribution in [-0.4, -0.2) is 36.3 Å². The molecule has 0 aliphatic carbocycles. The van der Waals surface area contributed by atoms with Gasteiger partial charge in [-0.1, -0.05) is 0 Å². The number of phenolic OH excluding ortho intramolecular Hbond substituents is 5. The number of carbonyl (C=O) groups is 1. The van der Waals surface area contributed by atoms with Crippen molar-refractivity contribution in [2.24, 2.45) is 0 Å². The van der Waals surface area contributed by atoms with Crippen molar-refractivity contribution in [1.82, 2.24) is 4.98 Å². The summed E-state index contributed by atoms with van der Waals surface area (Å²) in [6.07, 6.45) is 0.